The maximum atomic E-state index is 12.5. The van der Waals surface area contributed by atoms with E-state index in [0.717, 1.165) is 11.1 Å². The second kappa shape index (κ2) is 7.12. The van der Waals surface area contributed by atoms with Crippen LogP contribution in [-0.2, 0) is 6.61 Å². The molecule has 0 bridgehead atoms. The van der Waals surface area contributed by atoms with Crippen LogP contribution in [0.2, 0.25) is 0 Å². The number of aromatic hydroxyl groups is 2. The van der Waals surface area contributed by atoms with E-state index in [4.69, 9.17) is 9.15 Å². The third-order valence-corrected chi connectivity index (χ3v) is 4.48. The lowest BCUT2D eigenvalue weighted by molar-refractivity contribution is 0.289. The molecule has 5 nitrogen and oxygen atoms in total. The largest absolute Gasteiger partial charge is 0.504 e. The van der Waals surface area contributed by atoms with Crippen molar-refractivity contribution in [3.8, 4) is 28.6 Å². The van der Waals surface area contributed by atoms with E-state index in [1.165, 1.54) is 12.1 Å². The normalized spacial score (nSPS) is 10.9. The topological polar surface area (TPSA) is 79.9 Å². The molecule has 0 unspecified atom stereocenters. The first-order valence-electron chi connectivity index (χ1n) is 8.79. The zero-order valence-electron chi connectivity index (χ0n) is 15.2. The van der Waals surface area contributed by atoms with Gasteiger partial charge < -0.3 is 19.4 Å². The Morgan fingerprint density at radius 3 is 2.54 bits per heavy atom. The summed E-state index contributed by atoms with van der Waals surface area (Å²) in [6.07, 6.45) is 0. The van der Waals surface area contributed by atoms with Crippen molar-refractivity contribution in [2.24, 2.45) is 0 Å². The van der Waals surface area contributed by atoms with Gasteiger partial charge in [0.2, 0.25) is 11.2 Å². The summed E-state index contributed by atoms with van der Waals surface area (Å²) in [5.74, 6) is -0.256. The molecule has 0 aliphatic rings. The molecule has 0 amide bonds. The Hall–Kier alpha value is -3.73. The highest BCUT2D eigenvalue weighted by Crippen LogP contribution is 2.36. The molecule has 0 fully saturated rings. The van der Waals surface area contributed by atoms with E-state index in [-0.39, 0.29) is 23.9 Å². The Morgan fingerprint density at radius 1 is 0.964 bits per heavy atom. The SMILES string of the molecule is Cc1ccc2oc(-c3ccc(O)c(OCc4ccccc4)c3)c(O)c(=O)c2c1. The molecule has 3 aromatic carbocycles. The number of hydrogen-bond acceptors (Lipinski definition) is 5. The van der Waals surface area contributed by atoms with Gasteiger partial charge in [-0.3, -0.25) is 4.79 Å². The lowest BCUT2D eigenvalue weighted by Gasteiger charge is -2.11. The van der Waals surface area contributed by atoms with Gasteiger partial charge >= 0.3 is 0 Å². The van der Waals surface area contributed by atoms with Crippen molar-refractivity contribution in [2.75, 3.05) is 0 Å². The first-order valence-corrected chi connectivity index (χ1v) is 8.79. The zero-order chi connectivity index (χ0) is 19.7. The molecule has 2 N–H and O–H groups in total. The monoisotopic (exact) mass is 374 g/mol. The molecule has 0 aliphatic carbocycles. The summed E-state index contributed by atoms with van der Waals surface area (Å²) in [5.41, 5.74) is 2.15. The van der Waals surface area contributed by atoms with Gasteiger partial charge in [0.25, 0.3) is 0 Å². The Bertz CT molecular complexity index is 1210. The van der Waals surface area contributed by atoms with Crippen molar-refractivity contribution < 1.29 is 19.4 Å². The highest BCUT2D eigenvalue weighted by atomic mass is 16.5. The minimum absolute atomic E-state index is 0.0333. The Kier molecular flexibility index (Phi) is 4.49. The third-order valence-electron chi connectivity index (χ3n) is 4.48. The van der Waals surface area contributed by atoms with Gasteiger partial charge in [-0.15, -0.1) is 0 Å². The van der Waals surface area contributed by atoms with Crippen molar-refractivity contribution in [2.45, 2.75) is 13.5 Å². The van der Waals surface area contributed by atoms with Gasteiger partial charge in [0, 0.05) is 5.56 Å². The summed E-state index contributed by atoms with van der Waals surface area (Å²) in [6, 6.07) is 19.3. The molecule has 1 heterocycles. The van der Waals surface area contributed by atoms with Crippen LogP contribution in [0.4, 0.5) is 0 Å². The van der Waals surface area contributed by atoms with Gasteiger partial charge in [-0.2, -0.15) is 0 Å². The highest BCUT2D eigenvalue weighted by molar-refractivity contribution is 5.82. The minimum Gasteiger partial charge on any atom is -0.504 e. The van der Waals surface area contributed by atoms with Crippen molar-refractivity contribution >= 4 is 11.0 Å². The van der Waals surface area contributed by atoms with E-state index in [1.807, 2.05) is 43.3 Å². The van der Waals surface area contributed by atoms with Gasteiger partial charge in [-0.05, 0) is 42.8 Å². The molecule has 28 heavy (non-hydrogen) atoms. The molecule has 0 radical (unpaired) electrons. The fourth-order valence-electron chi connectivity index (χ4n) is 3.00. The first kappa shape index (κ1) is 17.7. The molecule has 0 atom stereocenters. The molecule has 0 saturated carbocycles. The Balaban J connectivity index is 1.74. The predicted molar refractivity (Wildman–Crippen MR) is 107 cm³/mol. The summed E-state index contributed by atoms with van der Waals surface area (Å²) >= 11 is 0. The summed E-state index contributed by atoms with van der Waals surface area (Å²) in [7, 11) is 0. The van der Waals surface area contributed by atoms with E-state index in [1.54, 1.807) is 18.2 Å². The fourth-order valence-corrected chi connectivity index (χ4v) is 3.00. The van der Waals surface area contributed by atoms with Crippen LogP contribution in [0.5, 0.6) is 17.2 Å². The smallest absolute Gasteiger partial charge is 0.235 e. The van der Waals surface area contributed by atoms with Crippen LogP contribution < -0.4 is 10.2 Å². The van der Waals surface area contributed by atoms with Gasteiger partial charge in [0.15, 0.2) is 17.3 Å². The Labute approximate surface area is 161 Å². The quantitative estimate of drug-likeness (QED) is 0.538. The van der Waals surface area contributed by atoms with Crippen molar-refractivity contribution in [1.29, 1.82) is 0 Å². The van der Waals surface area contributed by atoms with Gasteiger partial charge in [0.05, 0.1) is 5.39 Å². The number of rotatable bonds is 4. The first-order chi connectivity index (χ1) is 13.5. The van der Waals surface area contributed by atoms with Crippen LogP contribution in [0.15, 0.2) is 75.9 Å². The lowest BCUT2D eigenvalue weighted by atomic mass is 10.1. The summed E-state index contributed by atoms with van der Waals surface area (Å²) in [5, 5.41) is 20.8. The van der Waals surface area contributed by atoms with Crippen molar-refractivity contribution in [1.82, 2.24) is 0 Å². The van der Waals surface area contributed by atoms with Crippen LogP contribution in [0.3, 0.4) is 0 Å². The fraction of sp³-hybridized carbons (Fsp3) is 0.0870. The number of fused-ring (bicyclic) bond motifs is 1. The predicted octanol–water partition coefficient (Wildman–Crippen LogP) is 4.76. The number of aryl methyl sites for hydroxylation is 1. The molecule has 5 heteroatoms. The molecule has 4 rings (SSSR count). The minimum atomic E-state index is -0.500. The van der Waals surface area contributed by atoms with Gasteiger partial charge in [-0.1, -0.05) is 42.0 Å². The van der Waals surface area contributed by atoms with Crippen LogP contribution in [0.1, 0.15) is 11.1 Å². The second-order valence-corrected chi connectivity index (χ2v) is 6.57. The molecule has 140 valence electrons. The van der Waals surface area contributed by atoms with Crippen molar-refractivity contribution in [3.05, 3.63) is 88.1 Å². The van der Waals surface area contributed by atoms with Gasteiger partial charge in [-0.25, -0.2) is 0 Å². The highest BCUT2D eigenvalue weighted by Gasteiger charge is 2.17. The average molecular weight is 374 g/mol. The zero-order valence-corrected chi connectivity index (χ0v) is 15.2. The molecular weight excluding hydrogens is 356 g/mol. The lowest BCUT2D eigenvalue weighted by Crippen LogP contribution is -2.03. The summed E-state index contributed by atoms with van der Waals surface area (Å²) in [6.45, 7) is 2.13. The van der Waals surface area contributed by atoms with E-state index < -0.39 is 11.2 Å². The molecule has 0 spiro atoms. The van der Waals surface area contributed by atoms with E-state index >= 15 is 0 Å². The maximum Gasteiger partial charge on any atom is 0.235 e. The van der Waals surface area contributed by atoms with E-state index in [0.29, 0.717) is 16.5 Å². The van der Waals surface area contributed by atoms with Crippen LogP contribution >= 0.6 is 0 Å². The van der Waals surface area contributed by atoms with Crippen LogP contribution in [0.25, 0.3) is 22.3 Å². The van der Waals surface area contributed by atoms with Crippen LogP contribution in [0, 0.1) is 6.92 Å². The molecule has 1 aromatic heterocycles. The van der Waals surface area contributed by atoms with Crippen molar-refractivity contribution in [3.63, 3.8) is 0 Å². The third kappa shape index (κ3) is 3.30. The maximum absolute atomic E-state index is 12.5. The van der Waals surface area contributed by atoms with Gasteiger partial charge in [0.1, 0.15) is 12.2 Å². The molecular formula is C23H18O5. The second-order valence-electron chi connectivity index (χ2n) is 6.57. The molecule has 4 aromatic rings. The Morgan fingerprint density at radius 2 is 1.75 bits per heavy atom. The summed E-state index contributed by atoms with van der Waals surface area (Å²) in [4.78, 5) is 12.5. The number of benzene rings is 3. The average Bonchev–Trinajstić information content (AvgIpc) is 2.71. The summed E-state index contributed by atoms with van der Waals surface area (Å²) < 4.78 is 11.5. The number of phenolic OH excluding ortho intramolecular Hbond substituents is 1. The number of ether oxygens (including phenoxy) is 1. The molecule has 0 aliphatic heterocycles. The van der Waals surface area contributed by atoms with Crippen LogP contribution in [-0.4, -0.2) is 10.2 Å². The molecule has 0 saturated heterocycles. The van der Waals surface area contributed by atoms with E-state index in [2.05, 4.69) is 0 Å². The standard InChI is InChI=1S/C23H18O5/c1-14-7-10-19-17(11-14)21(25)22(26)23(28-19)16-8-9-18(24)20(12-16)27-13-15-5-3-2-4-6-15/h2-12,24,26H,13H2,1H3. The number of phenols is 1. The number of hydrogen-bond donors (Lipinski definition) is 2. The van der Waals surface area contributed by atoms with E-state index in [9.17, 15) is 15.0 Å².